The van der Waals surface area contributed by atoms with Crippen molar-refractivity contribution in [2.75, 3.05) is 27.3 Å². The van der Waals surface area contributed by atoms with Gasteiger partial charge in [-0.25, -0.2) is 4.79 Å². The number of carbonyl (C=O) groups excluding carboxylic acids is 1. The highest BCUT2D eigenvalue weighted by atomic mass is 16.5. The van der Waals surface area contributed by atoms with Crippen LogP contribution >= 0.6 is 0 Å². The van der Waals surface area contributed by atoms with Gasteiger partial charge >= 0.3 is 6.03 Å². The van der Waals surface area contributed by atoms with Crippen molar-refractivity contribution in [2.24, 2.45) is 7.05 Å². The first-order chi connectivity index (χ1) is 10.1. The Morgan fingerprint density at radius 1 is 1.48 bits per heavy atom. The van der Waals surface area contributed by atoms with Crippen LogP contribution in [-0.4, -0.2) is 59.0 Å². The van der Waals surface area contributed by atoms with E-state index in [2.05, 4.69) is 15.3 Å². The normalized spacial score (nSPS) is 21.6. The number of fused-ring (bicyclic) bond motifs is 1. The summed E-state index contributed by atoms with van der Waals surface area (Å²) < 4.78 is 7.43. The monoisotopic (exact) mass is 293 g/mol. The number of carbonyl (C=O) groups is 1. The van der Waals surface area contributed by atoms with E-state index in [1.807, 2.05) is 11.7 Å². The molecule has 1 unspecified atom stereocenters. The molecule has 1 fully saturated rings. The van der Waals surface area contributed by atoms with E-state index in [1.165, 1.54) is 16.2 Å². The fourth-order valence-electron chi connectivity index (χ4n) is 3.02. The molecule has 1 saturated heterocycles. The molecule has 2 amide bonds. The second-order valence-electron chi connectivity index (χ2n) is 5.97. The van der Waals surface area contributed by atoms with E-state index in [9.17, 15) is 4.79 Å². The number of nitrogens with zero attached hydrogens (tertiary/aromatic N) is 4. The molecule has 1 N–H and O–H groups in total. The van der Waals surface area contributed by atoms with Crippen LogP contribution < -0.4 is 5.32 Å². The Balaban J connectivity index is 1.69. The van der Waals surface area contributed by atoms with Gasteiger partial charge in [0.25, 0.3) is 0 Å². The zero-order chi connectivity index (χ0) is 15.0. The van der Waals surface area contributed by atoms with E-state index >= 15 is 0 Å². The second kappa shape index (κ2) is 5.65. The molecule has 7 heteroatoms. The SMILES string of the molecule is CN(C)C(=O)NCc1nn(C)c2c1CN(C1CCOC1)C2. The predicted octanol–water partition coefficient (Wildman–Crippen LogP) is 0.296. The molecule has 3 rings (SSSR count). The van der Waals surface area contributed by atoms with E-state index in [0.29, 0.717) is 12.6 Å². The highest BCUT2D eigenvalue weighted by molar-refractivity contribution is 5.73. The van der Waals surface area contributed by atoms with Gasteiger partial charge in [0, 0.05) is 52.4 Å². The molecule has 21 heavy (non-hydrogen) atoms. The van der Waals surface area contributed by atoms with Gasteiger partial charge in [0.2, 0.25) is 0 Å². The molecular formula is C14H23N5O2. The average Bonchev–Trinajstić information content (AvgIpc) is 3.13. The number of ether oxygens (including phenoxy) is 1. The van der Waals surface area contributed by atoms with Crippen molar-refractivity contribution in [1.29, 1.82) is 0 Å². The minimum Gasteiger partial charge on any atom is -0.380 e. The van der Waals surface area contributed by atoms with Crippen molar-refractivity contribution in [2.45, 2.75) is 32.1 Å². The maximum absolute atomic E-state index is 11.6. The highest BCUT2D eigenvalue weighted by Crippen LogP contribution is 2.29. The summed E-state index contributed by atoms with van der Waals surface area (Å²) in [4.78, 5) is 15.6. The Morgan fingerprint density at radius 3 is 2.95 bits per heavy atom. The maximum Gasteiger partial charge on any atom is 0.317 e. The number of rotatable bonds is 3. The standard InChI is InChI=1S/C14H23N5O2/c1-17(2)14(20)15-6-12-11-7-19(10-4-5-21-9-10)8-13(11)18(3)16-12/h10H,4-9H2,1-3H3,(H,15,20). The number of aryl methyl sites for hydroxylation is 1. The van der Waals surface area contributed by atoms with Crippen molar-refractivity contribution in [3.8, 4) is 0 Å². The van der Waals surface area contributed by atoms with E-state index in [0.717, 1.165) is 38.4 Å². The molecule has 1 aromatic rings. The third-order valence-corrected chi connectivity index (χ3v) is 4.31. The van der Waals surface area contributed by atoms with Gasteiger partial charge in [-0.2, -0.15) is 5.10 Å². The Bertz CT molecular complexity index is 534. The molecule has 0 radical (unpaired) electrons. The summed E-state index contributed by atoms with van der Waals surface area (Å²) in [7, 11) is 5.45. The fraction of sp³-hybridized carbons (Fsp3) is 0.714. The van der Waals surface area contributed by atoms with Crippen LogP contribution in [0.2, 0.25) is 0 Å². The molecule has 1 aromatic heterocycles. The molecule has 0 spiro atoms. The topological polar surface area (TPSA) is 62.6 Å². The first-order valence-corrected chi connectivity index (χ1v) is 7.37. The first kappa shape index (κ1) is 14.3. The lowest BCUT2D eigenvalue weighted by Crippen LogP contribution is -2.34. The summed E-state index contributed by atoms with van der Waals surface area (Å²) in [6, 6.07) is 0.426. The van der Waals surface area contributed by atoms with Gasteiger partial charge in [0.1, 0.15) is 0 Å². The molecular weight excluding hydrogens is 270 g/mol. The van der Waals surface area contributed by atoms with Crippen LogP contribution in [0.5, 0.6) is 0 Å². The van der Waals surface area contributed by atoms with Crippen molar-refractivity contribution < 1.29 is 9.53 Å². The van der Waals surface area contributed by atoms with Crippen LogP contribution in [0.1, 0.15) is 23.4 Å². The van der Waals surface area contributed by atoms with Crippen LogP contribution in [0, 0.1) is 0 Å². The maximum atomic E-state index is 11.6. The van der Waals surface area contributed by atoms with E-state index in [4.69, 9.17) is 4.74 Å². The first-order valence-electron chi connectivity index (χ1n) is 7.37. The van der Waals surface area contributed by atoms with Crippen LogP contribution in [-0.2, 0) is 31.4 Å². The summed E-state index contributed by atoms with van der Waals surface area (Å²) in [5, 5.41) is 7.44. The number of aromatic nitrogens is 2. The fourth-order valence-corrected chi connectivity index (χ4v) is 3.02. The third kappa shape index (κ3) is 2.75. The van der Waals surface area contributed by atoms with Crippen molar-refractivity contribution in [1.82, 2.24) is 24.9 Å². The number of amides is 2. The van der Waals surface area contributed by atoms with Crippen LogP contribution in [0.25, 0.3) is 0 Å². The average molecular weight is 293 g/mol. The Kier molecular flexibility index (Phi) is 3.86. The molecule has 0 saturated carbocycles. The van der Waals surface area contributed by atoms with E-state index in [-0.39, 0.29) is 6.03 Å². The Labute approximate surface area is 124 Å². The zero-order valence-electron chi connectivity index (χ0n) is 12.9. The molecule has 0 aliphatic carbocycles. The Hall–Kier alpha value is -1.60. The zero-order valence-corrected chi connectivity index (χ0v) is 12.9. The lowest BCUT2D eigenvalue weighted by atomic mass is 10.2. The summed E-state index contributed by atoms with van der Waals surface area (Å²) >= 11 is 0. The van der Waals surface area contributed by atoms with E-state index in [1.54, 1.807) is 14.1 Å². The molecule has 0 bridgehead atoms. The Morgan fingerprint density at radius 2 is 2.29 bits per heavy atom. The van der Waals surface area contributed by atoms with Gasteiger partial charge in [-0.1, -0.05) is 0 Å². The van der Waals surface area contributed by atoms with Crippen molar-refractivity contribution >= 4 is 6.03 Å². The van der Waals surface area contributed by atoms with Crippen molar-refractivity contribution in [3.05, 3.63) is 17.0 Å². The quantitative estimate of drug-likeness (QED) is 0.870. The summed E-state index contributed by atoms with van der Waals surface area (Å²) in [6.07, 6.45) is 1.11. The molecule has 0 aromatic carbocycles. The van der Waals surface area contributed by atoms with Crippen LogP contribution in [0.4, 0.5) is 4.79 Å². The lowest BCUT2D eigenvalue weighted by molar-refractivity contribution is 0.141. The van der Waals surface area contributed by atoms with Gasteiger partial charge in [0.15, 0.2) is 0 Å². The molecule has 2 aliphatic heterocycles. The number of hydrogen-bond donors (Lipinski definition) is 1. The van der Waals surface area contributed by atoms with Gasteiger partial charge in [-0.3, -0.25) is 9.58 Å². The summed E-state index contributed by atoms with van der Waals surface area (Å²) in [5.41, 5.74) is 3.50. The van der Waals surface area contributed by atoms with Crippen LogP contribution in [0.3, 0.4) is 0 Å². The molecule has 7 nitrogen and oxygen atoms in total. The summed E-state index contributed by atoms with van der Waals surface area (Å²) in [5.74, 6) is 0. The molecule has 1 atom stereocenters. The second-order valence-corrected chi connectivity index (χ2v) is 5.97. The molecule has 2 aliphatic rings. The van der Waals surface area contributed by atoms with Crippen LogP contribution in [0.15, 0.2) is 0 Å². The van der Waals surface area contributed by atoms with Gasteiger partial charge in [-0.05, 0) is 6.42 Å². The van der Waals surface area contributed by atoms with Gasteiger partial charge < -0.3 is 15.0 Å². The molecule has 116 valence electrons. The van der Waals surface area contributed by atoms with Gasteiger partial charge in [0.05, 0.1) is 24.5 Å². The van der Waals surface area contributed by atoms with E-state index < -0.39 is 0 Å². The molecule has 3 heterocycles. The predicted molar refractivity (Wildman–Crippen MR) is 77.6 cm³/mol. The number of urea groups is 1. The minimum absolute atomic E-state index is 0.0894. The third-order valence-electron chi connectivity index (χ3n) is 4.31. The van der Waals surface area contributed by atoms with Crippen molar-refractivity contribution in [3.63, 3.8) is 0 Å². The largest absolute Gasteiger partial charge is 0.380 e. The van der Waals surface area contributed by atoms with Gasteiger partial charge in [-0.15, -0.1) is 0 Å². The summed E-state index contributed by atoms with van der Waals surface area (Å²) in [6.45, 7) is 4.00. The number of nitrogens with one attached hydrogen (secondary N) is 1. The smallest absolute Gasteiger partial charge is 0.317 e. The number of hydrogen-bond acceptors (Lipinski definition) is 4. The highest BCUT2D eigenvalue weighted by Gasteiger charge is 2.32. The lowest BCUT2D eigenvalue weighted by Gasteiger charge is -2.22. The minimum atomic E-state index is -0.0894.